The number of anilines is 1. The zero-order chi connectivity index (χ0) is 18.7. The molecule has 0 radical (unpaired) electrons. The Hall–Kier alpha value is -1.93. The minimum Gasteiger partial charge on any atom is -0.468 e. The van der Waals surface area contributed by atoms with E-state index >= 15 is 0 Å². The molecule has 7 nitrogen and oxygen atoms in total. The van der Waals surface area contributed by atoms with E-state index < -0.39 is 22.5 Å². The summed E-state index contributed by atoms with van der Waals surface area (Å²) in [6, 6.07) is 5.89. The molecular formula is C18H24N2O5S. The van der Waals surface area contributed by atoms with Gasteiger partial charge in [0.05, 0.1) is 12.0 Å². The van der Waals surface area contributed by atoms with E-state index in [1.54, 1.807) is 12.1 Å². The number of rotatable bonds is 7. The fraction of sp³-hybridized carbons (Fsp3) is 0.556. The highest BCUT2D eigenvalue weighted by Gasteiger charge is 2.40. The predicted molar refractivity (Wildman–Crippen MR) is 95.8 cm³/mol. The second-order valence-corrected chi connectivity index (χ2v) is 8.88. The molecule has 2 saturated carbocycles. The van der Waals surface area contributed by atoms with Crippen molar-refractivity contribution in [1.82, 2.24) is 4.72 Å². The summed E-state index contributed by atoms with van der Waals surface area (Å²) in [4.78, 5) is 23.3. The highest BCUT2D eigenvalue weighted by molar-refractivity contribution is 7.89. The van der Waals surface area contributed by atoms with E-state index in [-0.39, 0.29) is 10.8 Å². The Labute approximate surface area is 153 Å². The summed E-state index contributed by atoms with van der Waals surface area (Å²) in [6.45, 7) is -0.430. The highest BCUT2D eigenvalue weighted by Crippen LogP contribution is 2.49. The summed E-state index contributed by atoms with van der Waals surface area (Å²) < 4.78 is 30.7. The van der Waals surface area contributed by atoms with Crippen LogP contribution >= 0.6 is 0 Å². The topological polar surface area (TPSA) is 102 Å². The number of fused-ring (bicyclic) bond motifs is 2. The lowest BCUT2D eigenvalue weighted by molar-refractivity contribution is -0.139. The van der Waals surface area contributed by atoms with Crippen LogP contribution in [-0.2, 0) is 24.3 Å². The molecule has 8 heteroatoms. The van der Waals surface area contributed by atoms with Crippen molar-refractivity contribution in [3.8, 4) is 0 Å². The summed E-state index contributed by atoms with van der Waals surface area (Å²) in [6.07, 6.45) is 5.50. The molecule has 1 aromatic carbocycles. The van der Waals surface area contributed by atoms with Crippen LogP contribution in [-0.4, -0.2) is 33.9 Å². The number of amides is 1. The molecule has 1 amide bonds. The van der Waals surface area contributed by atoms with Gasteiger partial charge in [-0.25, -0.2) is 8.42 Å². The van der Waals surface area contributed by atoms with Gasteiger partial charge < -0.3 is 10.1 Å². The summed E-state index contributed by atoms with van der Waals surface area (Å²) >= 11 is 0. The number of ether oxygens (including phenoxy) is 1. The second-order valence-electron chi connectivity index (χ2n) is 7.11. The number of nitrogens with one attached hydrogen (secondary N) is 2. The van der Waals surface area contributed by atoms with Crippen LogP contribution in [0.15, 0.2) is 29.2 Å². The van der Waals surface area contributed by atoms with Crippen molar-refractivity contribution in [2.75, 3.05) is 19.0 Å². The Kier molecular flexibility index (Phi) is 5.62. The molecule has 142 valence electrons. The highest BCUT2D eigenvalue weighted by atomic mass is 32.2. The van der Waals surface area contributed by atoms with Gasteiger partial charge in [0.2, 0.25) is 15.9 Å². The van der Waals surface area contributed by atoms with Crippen molar-refractivity contribution in [1.29, 1.82) is 0 Å². The molecule has 26 heavy (non-hydrogen) atoms. The molecule has 2 bridgehead atoms. The third-order valence-electron chi connectivity index (χ3n) is 5.41. The molecule has 0 aliphatic heterocycles. The summed E-state index contributed by atoms with van der Waals surface area (Å²) in [5.41, 5.74) is 0.560. The Morgan fingerprint density at radius 2 is 1.88 bits per heavy atom. The number of hydrogen-bond donors (Lipinski definition) is 2. The maximum Gasteiger partial charge on any atom is 0.320 e. The van der Waals surface area contributed by atoms with Crippen LogP contribution in [0.1, 0.15) is 32.1 Å². The zero-order valence-electron chi connectivity index (χ0n) is 14.7. The average Bonchev–Trinajstić information content (AvgIpc) is 3.23. The molecule has 0 aromatic heterocycles. The molecule has 0 saturated heterocycles. The first-order valence-electron chi connectivity index (χ1n) is 8.84. The maximum atomic E-state index is 12.2. The van der Waals surface area contributed by atoms with Gasteiger partial charge in [0.1, 0.15) is 6.54 Å². The van der Waals surface area contributed by atoms with E-state index in [4.69, 9.17) is 0 Å². The predicted octanol–water partition coefficient (Wildman–Crippen LogP) is 1.90. The standard InChI is InChI=1S/C18H24N2O5S/c1-25-18(22)11-19-26(23,24)16-6-4-15(5-7-16)20-17(21)10-14-9-12-2-3-13(14)8-12/h4-7,12-14,19H,2-3,8-11H2,1H3,(H,20,21)/t12-,13+,14+/m0/s1. The molecule has 3 rings (SSSR count). The minimum absolute atomic E-state index is 0.0208. The van der Waals surface area contributed by atoms with E-state index in [9.17, 15) is 18.0 Å². The van der Waals surface area contributed by atoms with Crippen molar-refractivity contribution in [2.45, 2.75) is 37.0 Å². The molecule has 2 fully saturated rings. The van der Waals surface area contributed by atoms with Gasteiger partial charge >= 0.3 is 5.97 Å². The zero-order valence-corrected chi connectivity index (χ0v) is 15.6. The lowest BCUT2D eigenvalue weighted by Crippen LogP contribution is -2.30. The number of esters is 1. The Morgan fingerprint density at radius 3 is 2.46 bits per heavy atom. The summed E-state index contributed by atoms with van der Waals surface area (Å²) in [5.74, 6) is 1.29. The van der Waals surface area contributed by atoms with Gasteiger partial charge in [0, 0.05) is 12.1 Å². The molecule has 0 unspecified atom stereocenters. The number of sulfonamides is 1. The first-order valence-corrected chi connectivity index (χ1v) is 10.3. The van der Waals surface area contributed by atoms with E-state index in [0.717, 1.165) is 12.3 Å². The summed E-state index contributed by atoms with van der Waals surface area (Å²) in [7, 11) is -2.61. The number of carbonyl (C=O) groups excluding carboxylic acids is 2. The normalized spacial score (nSPS) is 24.4. The van der Waals surface area contributed by atoms with Crippen LogP contribution in [0.25, 0.3) is 0 Å². The third-order valence-corrected chi connectivity index (χ3v) is 6.83. The van der Waals surface area contributed by atoms with Crippen LogP contribution in [0, 0.1) is 17.8 Å². The fourth-order valence-corrected chi connectivity index (χ4v) is 5.07. The monoisotopic (exact) mass is 380 g/mol. The van der Waals surface area contributed by atoms with Crippen LogP contribution < -0.4 is 10.0 Å². The Bertz CT molecular complexity index is 775. The lowest BCUT2D eigenvalue weighted by Gasteiger charge is -2.20. The van der Waals surface area contributed by atoms with Gasteiger partial charge in [0.25, 0.3) is 0 Å². The van der Waals surface area contributed by atoms with E-state index in [1.807, 2.05) is 0 Å². The molecular weight excluding hydrogens is 356 g/mol. The van der Waals surface area contributed by atoms with Gasteiger partial charge in [0.15, 0.2) is 0 Å². The van der Waals surface area contributed by atoms with Crippen LogP contribution in [0.2, 0.25) is 0 Å². The van der Waals surface area contributed by atoms with Crippen molar-refractivity contribution < 1.29 is 22.7 Å². The van der Waals surface area contributed by atoms with Crippen molar-refractivity contribution in [3.05, 3.63) is 24.3 Å². The largest absolute Gasteiger partial charge is 0.468 e. The number of benzene rings is 1. The average molecular weight is 380 g/mol. The minimum atomic E-state index is -3.80. The Morgan fingerprint density at radius 1 is 1.15 bits per heavy atom. The van der Waals surface area contributed by atoms with Crippen LogP contribution in [0.3, 0.4) is 0 Å². The van der Waals surface area contributed by atoms with Gasteiger partial charge in [-0.1, -0.05) is 6.42 Å². The molecule has 2 aliphatic rings. The smallest absolute Gasteiger partial charge is 0.320 e. The van der Waals surface area contributed by atoms with E-state index in [1.165, 1.54) is 38.5 Å². The molecule has 2 N–H and O–H groups in total. The Balaban J connectivity index is 1.54. The number of hydrogen-bond acceptors (Lipinski definition) is 5. The van der Waals surface area contributed by atoms with Gasteiger partial charge in [-0.2, -0.15) is 4.72 Å². The first-order chi connectivity index (χ1) is 12.4. The van der Waals surface area contributed by atoms with Gasteiger partial charge in [-0.15, -0.1) is 0 Å². The third kappa shape index (κ3) is 4.42. The van der Waals surface area contributed by atoms with E-state index in [2.05, 4.69) is 14.8 Å². The fourth-order valence-electron chi connectivity index (χ4n) is 4.10. The van der Waals surface area contributed by atoms with Crippen LogP contribution in [0.5, 0.6) is 0 Å². The van der Waals surface area contributed by atoms with E-state index in [0.29, 0.717) is 23.9 Å². The quantitative estimate of drug-likeness (QED) is 0.704. The molecule has 3 atom stereocenters. The number of carbonyl (C=O) groups is 2. The lowest BCUT2D eigenvalue weighted by atomic mass is 9.86. The van der Waals surface area contributed by atoms with Crippen molar-refractivity contribution in [2.24, 2.45) is 17.8 Å². The second kappa shape index (κ2) is 7.75. The molecule has 0 heterocycles. The SMILES string of the molecule is COC(=O)CNS(=O)(=O)c1ccc(NC(=O)C[C@H]2C[C@H]3CC[C@@H]2C3)cc1. The maximum absolute atomic E-state index is 12.2. The van der Waals surface area contributed by atoms with Crippen molar-refractivity contribution in [3.63, 3.8) is 0 Å². The van der Waals surface area contributed by atoms with Gasteiger partial charge in [-0.3, -0.25) is 9.59 Å². The molecule has 2 aliphatic carbocycles. The molecule has 1 aromatic rings. The molecule has 0 spiro atoms. The van der Waals surface area contributed by atoms with Gasteiger partial charge in [-0.05, 0) is 61.3 Å². The van der Waals surface area contributed by atoms with Crippen molar-refractivity contribution >= 4 is 27.6 Å². The first kappa shape index (κ1) is 18.8. The number of methoxy groups -OCH3 is 1. The summed E-state index contributed by atoms with van der Waals surface area (Å²) in [5, 5.41) is 2.84. The van der Waals surface area contributed by atoms with Crippen LogP contribution in [0.4, 0.5) is 5.69 Å².